The quantitative estimate of drug-likeness (QED) is 0.659. The summed E-state index contributed by atoms with van der Waals surface area (Å²) in [5.41, 5.74) is 7.31. The average Bonchev–Trinajstić information content (AvgIpc) is 2.78. The molecule has 0 aliphatic heterocycles. The molecule has 3 aromatic rings. The summed E-state index contributed by atoms with van der Waals surface area (Å²) in [5, 5.41) is 0. The van der Waals surface area contributed by atoms with Crippen LogP contribution < -0.4 is 0 Å². The third-order valence-corrected chi connectivity index (χ3v) is 4.45. The van der Waals surface area contributed by atoms with Crippen LogP contribution in [0.4, 0.5) is 0 Å². The van der Waals surface area contributed by atoms with Gasteiger partial charge in [0.15, 0.2) is 0 Å². The molecular formula is C20H19N. The van der Waals surface area contributed by atoms with Crippen molar-refractivity contribution in [2.75, 3.05) is 0 Å². The van der Waals surface area contributed by atoms with Crippen LogP contribution in [0.25, 0.3) is 11.3 Å². The van der Waals surface area contributed by atoms with Gasteiger partial charge < -0.3 is 4.57 Å². The van der Waals surface area contributed by atoms with Crippen LogP contribution in [0.1, 0.15) is 16.7 Å². The Bertz CT molecular complexity index is 738. The molecule has 1 aliphatic carbocycles. The number of aryl methyl sites for hydroxylation is 3. The van der Waals surface area contributed by atoms with E-state index >= 15 is 0 Å². The van der Waals surface area contributed by atoms with Gasteiger partial charge in [-0.05, 0) is 41.5 Å². The van der Waals surface area contributed by atoms with Gasteiger partial charge in [-0.1, -0.05) is 60.7 Å². The highest BCUT2D eigenvalue weighted by Crippen LogP contribution is 2.35. The summed E-state index contributed by atoms with van der Waals surface area (Å²) < 4.78 is 2.46. The minimum absolute atomic E-state index is 1.06. The van der Waals surface area contributed by atoms with E-state index in [2.05, 4.69) is 71.4 Å². The number of hydrogen-bond donors (Lipinski definition) is 0. The van der Waals surface area contributed by atoms with Crippen LogP contribution in [0.15, 0.2) is 66.9 Å². The third kappa shape index (κ3) is 2.29. The molecule has 2 aromatic carbocycles. The third-order valence-electron chi connectivity index (χ3n) is 4.45. The van der Waals surface area contributed by atoms with Gasteiger partial charge in [0, 0.05) is 12.7 Å². The van der Waals surface area contributed by atoms with Crippen molar-refractivity contribution in [3.8, 4) is 11.3 Å². The van der Waals surface area contributed by atoms with Crippen molar-refractivity contribution in [1.29, 1.82) is 0 Å². The molecule has 0 saturated heterocycles. The molecule has 0 unspecified atom stereocenters. The lowest BCUT2D eigenvalue weighted by Crippen LogP contribution is -2.06. The first-order chi connectivity index (χ1) is 10.4. The number of aromatic nitrogens is 1. The van der Waals surface area contributed by atoms with Crippen LogP contribution in [0.3, 0.4) is 0 Å². The Morgan fingerprint density at radius 1 is 0.810 bits per heavy atom. The van der Waals surface area contributed by atoms with Gasteiger partial charge >= 0.3 is 0 Å². The molecule has 1 nitrogen and oxygen atoms in total. The van der Waals surface area contributed by atoms with Gasteiger partial charge in [-0.15, -0.1) is 0 Å². The van der Waals surface area contributed by atoms with E-state index in [0.717, 1.165) is 13.0 Å². The summed E-state index contributed by atoms with van der Waals surface area (Å²) in [6.45, 7) is 1.06. The molecule has 4 rings (SSSR count). The minimum Gasteiger partial charge on any atom is -0.347 e. The summed E-state index contributed by atoms with van der Waals surface area (Å²) >= 11 is 0. The smallest absolute Gasteiger partial charge is 0.0515 e. The number of benzene rings is 2. The summed E-state index contributed by atoms with van der Waals surface area (Å²) in [6, 6.07) is 21.6. The second-order valence-electron chi connectivity index (χ2n) is 5.78. The lowest BCUT2D eigenvalue weighted by Gasteiger charge is -2.16. The molecule has 0 fully saturated rings. The van der Waals surface area contributed by atoms with Gasteiger partial charge in [0.25, 0.3) is 0 Å². The van der Waals surface area contributed by atoms with E-state index in [0.29, 0.717) is 0 Å². The van der Waals surface area contributed by atoms with Gasteiger partial charge in [0.1, 0.15) is 0 Å². The summed E-state index contributed by atoms with van der Waals surface area (Å²) in [7, 11) is 0. The zero-order valence-electron chi connectivity index (χ0n) is 12.1. The lowest BCUT2D eigenvalue weighted by atomic mass is 9.89. The van der Waals surface area contributed by atoms with Crippen molar-refractivity contribution < 1.29 is 0 Å². The van der Waals surface area contributed by atoms with E-state index in [9.17, 15) is 0 Å². The van der Waals surface area contributed by atoms with Crippen molar-refractivity contribution >= 4 is 0 Å². The Hall–Kier alpha value is -2.28. The number of rotatable bonds is 4. The minimum atomic E-state index is 1.06. The summed E-state index contributed by atoms with van der Waals surface area (Å²) in [6.07, 6.45) is 5.93. The van der Waals surface area contributed by atoms with E-state index in [4.69, 9.17) is 0 Å². The fourth-order valence-corrected chi connectivity index (χ4v) is 3.24. The topological polar surface area (TPSA) is 4.93 Å². The van der Waals surface area contributed by atoms with E-state index < -0.39 is 0 Å². The van der Waals surface area contributed by atoms with Crippen LogP contribution >= 0.6 is 0 Å². The van der Waals surface area contributed by atoms with Gasteiger partial charge in [-0.2, -0.15) is 0 Å². The largest absolute Gasteiger partial charge is 0.347 e. The maximum atomic E-state index is 2.46. The van der Waals surface area contributed by atoms with E-state index in [1.807, 2.05) is 0 Å². The zero-order chi connectivity index (χ0) is 14.1. The van der Waals surface area contributed by atoms with Crippen molar-refractivity contribution in [3.63, 3.8) is 0 Å². The average molecular weight is 273 g/mol. The zero-order valence-corrected chi connectivity index (χ0v) is 12.1. The molecule has 0 radical (unpaired) electrons. The highest BCUT2D eigenvalue weighted by molar-refractivity contribution is 5.68. The maximum Gasteiger partial charge on any atom is 0.0515 e. The molecule has 1 heterocycles. The van der Waals surface area contributed by atoms with Crippen LogP contribution in [0, 0.1) is 0 Å². The molecule has 0 atom stereocenters. The maximum absolute atomic E-state index is 2.46. The highest BCUT2D eigenvalue weighted by Gasteiger charge is 2.23. The van der Waals surface area contributed by atoms with Crippen LogP contribution in [0.2, 0.25) is 0 Å². The molecule has 1 aliphatic rings. The van der Waals surface area contributed by atoms with Crippen molar-refractivity contribution in [2.24, 2.45) is 0 Å². The van der Waals surface area contributed by atoms with E-state index in [1.165, 1.54) is 29.7 Å². The standard InChI is InChI=1S/C20H19N/c1-3-7-16(8-4-1)13-14-21-15-18-11-12-19(18)20(21)17-9-5-2-6-10-17/h1-10,15H,11-14H2. The summed E-state index contributed by atoms with van der Waals surface area (Å²) in [4.78, 5) is 0. The molecule has 104 valence electrons. The van der Waals surface area contributed by atoms with E-state index in [-0.39, 0.29) is 0 Å². The first-order valence-corrected chi connectivity index (χ1v) is 7.72. The van der Waals surface area contributed by atoms with Gasteiger partial charge in [-0.25, -0.2) is 0 Å². The SMILES string of the molecule is c1ccc(CCn2cc3c(c2-c2ccccc2)CC3)cc1. The highest BCUT2D eigenvalue weighted by atomic mass is 15.0. The second-order valence-corrected chi connectivity index (χ2v) is 5.78. The van der Waals surface area contributed by atoms with Crippen molar-refractivity contribution in [3.05, 3.63) is 83.6 Å². The molecule has 1 heteroatoms. The fraction of sp³-hybridized carbons (Fsp3) is 0.200. The monoisotopic (exact) mass is 273 g/mol. The Morgan fingerprint density at radius 2 is 1.52 bits per heavy atom. The number of fused-ring (bicyclic) bond motifs is 1. The van der Waals surface area contributed by atoms with Gasteiger partial charge in [0.2, 0.25) is 0 Å². The number of hydrogen-bond acceptors (Lipinski definition) is 0. The fourth-order valence-electron chi connectivity index (χ4n) is 3.24. The molecule has 0 amide bonds. The Labute approximate surface area is 125 Å². The molecule has 0 bridgehead atoms. The van der Waals surface area contributed by atoms with Crippen LogP contribution in [-0.4, -0.2) is 4.57 Å². The van der Waals surface area contributed by atoms with E-state index in [1.54, 1.807) is 11.1 Å². The first kappa shape index (κ1) is 12.5. The van der Waals surface area contributed by atoms with Gasteiger partial charge in [-0.3, -0.25) is 0 Å². The first-order valence-electron chi connectivity index (χ1n) is 7.72. The van der Waals surface area contributed by atoms with Crippen molar-refractivity contribution in [2.45, 2.75) is 25.8 Å². The molecule has 0 N–H and O–H groups in total. The van der Waals surface area contributed by atoms with Gasteiger partial charge in [0.05, 0.1) is 5.69 Å². The van der Waals surface area contributed by atoms with Crippen LogP contribution in [0.5, 0.6) is 0 Å². The Morgan fingerprint density at radius 3 is 2.19 bits per heavy atom. The summed E-state index contributed by atoms with van der Waals surface area (Å²) in [5.74, 6) is 0. The Balaban J connectivity index is 1.65. The molecular weight excluding hydrogens is 254 g/mol. The predicted molar refractivity (Wildman–Crippen MR) is 87.4 cm³/mol. The number of nitrogens with zero attached hydrogens (tertiary/aromatic N) is 1. The molecule has 21 heavy (non-hydrogen) atoms. The predicted octanol–water partition coefficient (Wildman–Crippen LogP) is 4.50. The second kappa shape index (κ2) is 5.25. The Kier molecular flexibility index (Phi) is 3.11. The molecule has 0 spiro atoms. The lowest BCUT2D eigenvalue weighted by molar-refractivity contribution is 0.706. The normalized spacial score (nSPS) is 12.8. The molecule has 1 aromatic heterocycles. The van der Waals surface area contributed by atoms with Crippen molar-refractivity contribution in [1.82, 2.24) is 4.57 Å². The van der Waals surface area contributed by atoms with Crippen LogP contribution in [-0.2, 0) is 25.8 Å². The molecule has 0 saturated carbocycles.